The van der Waals surface area contributed by atoms with Gasteiger partial charge in [0.25, 0.3) is 0 Å². The summed E-state index contributed by atoms with van der Waals surface area (Å²) in [6.45, 7) is -0.227. The molecule has 0 N–H and O–H groups in total. The summed E-state index contributed by atoms with van der Waals surface area (Å²) in [6, 6.07) is 12.0. The van der Waals surface area contributed by atoms with Gasteiger partial charge in [-0.05, 0) is 24.3 Å². The van der Waals surface area contributed by atoms with Crippen LogP contribution in [0.4, 0.5) is 4.39 Å². The van der Waals surface area contributed by atoms with Gasteiger partial charge >= 0.3 is 5.97 Å². The van der Waals surface area contributed by atoms with Gasteiger partial charge in [-0.15, -0.1) is 11.3 Å². The molecule has 122 valence electrons. The zero-order valence-corrected chi connectivity index (χ0v) is 14.6. The van der Waals surface area contributed by atoms with Crippen molar-refractivity contribution in [3.63, 3.8) is 0 Å². The summed E-state index contributed by atoms with van der Waals surface area (Å²) < 4.78 is 19.7. The second kappa shape index (κ2) is 7.34. The normalized spacial score (nSPS) is 11.3. The predicted octanol–water partition coefficient (Wildman–Crippen LogP) is 6.10. The average Bonchev–Trinajstić information content (AvgIpc) is 2.89. The van der Waals surface area contributed by atoms with Crippen molar-refractivity contribution in [1.29, 1.82) is 0 Å². The van der Waals surface area contributed by atoms with Gasteiger partial charge in [-0.25, -0.2) is 9.18 Å². The quantitative estimate of drug-likeness (QED) is 0.403. The molecule has 0 aliphatic rings. The van der Waals surface area contributed by atoms with E-state index in [9.17, 15) is 9.18 Å². The Morgan fingerprint density at radius 1 is 1.17 bits per heavy atom. The van der Waals surface area contributed by atoms with Gasteiger partial charge in [0.15, 0.2) is 0 Å². The van der Waals surface area contributed by atoms with Gasteiger partial charge in [-0.1, -0.05) is 47.5 Å². The van der Waals surface area contributed by atoms with Crippen LogP contribution in [0.1, 0.15) is 10.4 Å². The fraction of sp³-hybridized carbons (Fsp3) is 0.0556. The lowest BCUT2D eigenvalue weighted by Crippen LogP contribution is -2.03. The Kier molecular flexibility index (Phi) is 5.19. The topological polar surface area (TPSA) is 26.3 Å². The SMILES string of the molecule is O=C(/C=C/c1sc2ccccc2c1Cl)OCc1c(F)cccc1Cl. The fourth-order valence-corrected chi connectivity index (χ4v) is 3.76. The van der Waals surface area contributed by atoms with Crippen LogP contribution in [0.2, 0.25) is 10.0 Å². The van der Waals surface area contributed by atoms with E-state index >= 15 is 0 Å². The molecule has 3 rings (SSSR count). The van der Waals surface area contributed by atoms with E-state index in [0.29, 0.717) is 5.02 Å². The number of halogens is 3. The van der Waals surface area contributed by atoms with Crippen LogP contribution in [-0.4, -0.2) is 5.97 Å². The van der Waals surface area contributed by atoms with E-state index in [-0.39, 0.29) is 17.2 Å². The molecule has 3 aromatic rings. The van der Waals surface area contributed by atoms with E-state index in [1.54, 1.807) is 12.1 Å². The van der Waals surface area contributed by atoms with Gasteiger partial charge in [0.2, 0.25) is 0 Å². The molecule has 0 fully saturated rings. The van der Waals surface area contributed by atoms with E-state index in [0.717, 1.165) is 15.0 Å². The number of carbonyl (C=O) groups excluding carboxylic acids is 1. The molecule has 0 atom stereocenters. The van der Waals surface area contributed by atoms with E-state index in [1.807, 2.05) is 24.3 Å². The summed E-state index contributed by atoms with van der Waals surface area (Å²) in [5, 5.41) is 1.76. The molecule has 0 radical (unpaired) electrons. The Bertz CT molecular complexity index is 914. The molecular weight excluding hydrogens is 370 g/mol. The van der Waals surface area contributed by atoms with Crippen LogP contribution in [0.15, 0.2) is 48.5 Å². The van der Waals surface area contributed by atoms with Crippen LogP contribution in [0.25, 0.3) is 16.2 Å². The van der Waals surface area contributed by atoms with Crippen LogP contribution in [0, 0.1) is 5.82 Å². The van der Waals surface area contributed by atoms with E-state index < -0.39 is 11.8 Å². The van der Waals surface area contributed by atoms with Gasteiger partial charge in [0.05, 0.1) is 10.0 Å². The van der Waals surface area contributed by atoms with Crippen molar-refractivity contribution < 1.29 is 13.9 Å². The third kappa shape index (κ3) is 3.61. The number of ether oxygens (including phenoxy) is 1. The van der Waals surface area contributed by atoms with Crippen LogP contribution in [0.5, 0.6) is 0 Å². The first-order chi connectivity index (χ1) is 11.6. The van der Waals surface area contributed by atoms with Crippen molar-refractivity contribution >= 4 is 56.7 Å². The molecule has 0 spiro atoms. The lowest BCUT2D eigenvalue weighted by atomic mass is 10.2. The monoisotopic (exact) mass is 380 g/mol. The van der Waals surface area contributed by atoms with Crippen molar-refractivity contribution in [2.75, 3.05) is 0 Å². The predicted molar refractivity (Wildman–Crippen MR) is 97.1 cm³/mol. The Balaban J connectivity index is 1.70. The third-order valence-electron chi connectivity index (χ3n) is 3.35. The Morgan fingerprint density at radius 2 is 1.96 bits per heavy atom. The molecule has 0 unspecified atom stereocenters. The fourth-order valence-electron chi connectivity index (χ4n) is 2.15. The summed E-state index contributed by atoms with van der Waals surface area (Å²) in [7, 11) is 0. The number of hydrogen-bond acceptors (Lipinski definition) is 3. The molecular formula is C18H11Cl2FO2S. The summed E-state index contributed by atoms with van der Waals surface area (Å²) in [6.07, 6.45) is 2.86. The number of carbonyl (C=O) groups is 1. The van der Waals surface area contributed by atoms with Gasteiger partial charge < -0.3 is 4.74 Å². The van der Waals surface area contributed by atoms with Crippen LogP contribution in [0.3, 0.4) is 0 Å². The highest BCUT2D eigenvalue weighted by Crippen LogP contribution is 2.35. The number of thiophene rings is 1. The highest BCUT2D eigenvalue weighted by molar-refractivity contribution is 7.20. The molecule has 0 aliphatic heterocycles. The van der Waals surface area contributed by atoms with Gasteiger partial charge in [0.1, 0.15) is 12.4 Å². The summed E-state index contributed by atoms with van der Waals surface area (Å²) in [4.78, 5) is 12.6. The first-order valence-corrected chi connectivity index (χ1v) is 8.58. The molecule has 0 saturated heterocycles. The minimum absolute atomic E-state index is 0.154. The summed E-state index contributed by atoms with van der Waals surface area (Å²) in [5.41, 5.74) is 0.154. The second-order valence-electron chi connectivity index (χ2n) is 4.92. The minimum Gasteiger partial charge on any atom is -0.457 e. The Morgan fingerprint density at radius 3 is 2.71 bits per heavy atom. The number of rotatable bonds is 4. The lowest BCUT2D eigenvalue weighted by Gasteiger charge is -2.05. The minimum atomic E-state index is -0.595. The van der Waals surface area contributed by atoms with E-state index in [1.165, 1.54) is 29.5 Å². The molecule has 24 heavy (non-hydrogen) atoms. The molecule has 0 saturated carbocycles. The smallest absolute Gasteiger partial charge is 0.331 e. The average molecular weight is 381 g/mol. The maximum absolute atomic E-state index is 13.6. The molecule has 1 heterocycles. The number of benzene rings is 2. The maximum Gasteiger partial charge on any atom is 0.331 e. The zero-order chi connectivity index (χ0) is 17.1. The van der Waals surface area contributed by atoms with Crippen LogP contribution >= 0.6 is 34.5 Å². The highest BCUT2D eigenvalue weighted by Gasteiger charge is 2.10. The molecule has 6 heteroatoms. The Hall–Kier alpha value is -1.88. The molecule has 1 aromatic heterocycles. The molecule has 2 aromatic carbocycles. The second-order valence-corrected chi connectivity index (χ2v) is 6.79. The number of esters is 1. The van der Waals surface area contributed by atoms with Crippen LogP contribution < -0.4 is 0 Å². The van der Waals surface area contributed by atoms with Crippen LogP contribution in [-0.2, 0) is 16.1 Å². The van der Waals surface area contributed by atoms with Crippen molar-refractivity contribution in [3.8, 4) is 0 Å². The van der Waals surface area contributed by atoms with Crippen molar-refractivity contribution in [2.45, 2.75) is 6.61 Å². The maximum atomic E-state index is 13.6. The van der Waals surface area contributed by atoms with E-state index in [4.69, 9.17) is 27.9 Å². The highest BCUT2D eigenvalue weighted by atomic mass is 35.5. The summed E-state index contributed by atoms with van der Waals surface area (Å²) >= 11 is 13.7. The number of fused-ring (bicyclic) bond motifs is 1. The van der Waals surface area contributed by atoms with Gasteiger partial charge in [-0.3, -0.25) is 0 Å². The number of hydrogen-bond donors (Lipinski definition) is 0. The van der Waals surface area contributed by atoms with Gasteiger partial charge in [0, 0.05) is 26.6 Å². The molecule has 0 amide bonds. The largest absolute Gasteiger partial charge is 0.457 e. The first-order valence-electron chi connectivity index (χ1n) is 7.01. The molecule has 0 bridgehead atoms. The standard InChI is InChI=1S/C18H11Cl2FO2S/c19-13-5-3-6-14(21)12(13)10-23-17(22)9-8-16-18(20)11-4-1-2-7-15(11)24-16/h1-9H,10H2/b9-8+. The lowest BCUT2D eigenvalue weighted by molar-refractivity contribution is -0.138. The van der Waals surface area contributed by atoms with E-state index in [2.05, 4.69) is 0 Å². The van der Waals surface area contributed by atoms with Crippen molar-refractivity contribution in [1.82, 2.24) is 0 Å². The summed E-state index contributed by atoms with van der Waals surface area (Å²) in [5.74, 6) is -1.10. The molecule has 0 aliphatic carbocycles. The first kappa shape index (κ1) is 17.0. The third-order valence-corrected chi connectivity index (χ3v) is 5.36. The van der Waals surface area contributed by atoms with Gasteiger partial charge in [-0.2, -0.15) is 0 Å². The Labute approximate surface area is 152 Å². The van der Waals surface area contributed by atoms with Crippen molar-refractivity contribution in [3.05, 3.63) is 74.8 Å². The zero-order valence-electron chi connectivity index (χ0n) is 12.3. The molecule has 2 nitrogen and oxygen atoms in total. The van der Waals surface area contributed by atoms with Crippen molar-refractivity contribution in [2.24, 2.45) is 0 Å².